The molecule has 0 bridgehead atoms. The van der Waals surface area contributed by atoms with Gasteiger partial charge in [0.25, 0.3) is 0 Å². The third kappa shape index (κ3) is 3.75. The maximum Gasteiger partial charge on any atom is 0.162 e. The minimum absolute atomic E-state index is 0.324. The molecule has 1 aromatic rings. The quantitative estimate of drug-likeness (QED) is 0.844. The highest BCUT2D eigenvalue weighted by atomic mass is 79.9. The van der Waals surface area contributed by atoms with Gasteiger partial charge in [0.05, 0.1) is 4.47 Å². The van der Waals surface area contributed by atoms with Crippen molar-refractivity contribution in [1.82, 2.24) is 9.97 Å². The van der Waals surface area contributed by atoms with Gasteiger partial charge in [-0.2, -0.15) is 0 Å². The molecule has 0 amide bonds. The lowest BCUT2D eigenvalue weighted by Gasteiger charge is -2.42. The van der Waals surface area contributed by atoms with Crippen molar-refractivity contribution in [3.8, 4) is 0 Å². The molecule has 4 nitrogen and oxygen atoms in total. The lowest BCUT2D eigenvalue weighted by Crippen LogP contribution is -2.39. The van der Waals surface area contributed by atoms with Gasteiger partial charge < -0.3 is 10.1 Å². The number of halogens is 1. The van der Waals surface area contributed by atoms with Crippen molar-refractivity contribution in [2.24, 2.45) is 5.41 Å². The van der Waals surface area contributed by atoms with Gasteiger partial charge in [-0.25, -0.2) is 9.97 Å². The van der Waals surface area contributed by atoms with E-state index in [1.165, 1.54) is 0 Å². The Morgan fingerprint density at radius 2 is 1.90 bits per heavy atom. The number of rotatable bonds is 5. The largest absolute Gasteiger partial charge is 0.369 e. The van der Waals surface area contributed by atoms with Crippen LogP contribution >= 0.6 is 15.9 Å². The van der Waals surface area contributed by atoms with Crippen molar-refractivity contribution in [1.29, 1.82) is 0 Å². The van der Waals surface area contributed by atoms with E-state index in [1.807, 2.05) is 13.1 Å². The number of hydrogen-bond donors (Lipinski definition) is 1. The summed E-state index contributed by atoms with van der Waals surface area (Å²) in [7, 11) is 0. The van der Waals surface area contributed by atoms with E-state index in [2.05, 4.69) is 47.0 Å². The van der Waals surface area contributed by atoms with E-state index < -0.39 is 0 Å². The number of ether oxygens (including phenoxy) is 1. The van der Waals surface area contributed by atoms with Gasteiger partial charge in [0.1, 0.15) is 11.4 Å². The van der Waals surface area contributed by atoms with E-state index in [1.54, 1.807) is 0 Å². The zero-order valence-electron chi connectivity index (χ0n) is 13.5. The third-order valence-electron chi connectivity index (χ3n) is 4.33. The van der Waals surface area contributed by atoms with Crippen LogP contribution in [-0.4, -0.2) is 23.1 Å². The maximum atomic E-state index is 6.15. The molecule has 0 aromatic carbocycles. The fourth-order valence-electron chi connectivity index (χ4n) is 2.92. The number of aromatic nitrogens is 2. The number of nitrogens with one attached hydrogen (secondary N) is 1. The van der Waals surface area contributed by atoms with Crippen LogP contribution in [0.25, 0.3) is 0 Å². The van der Waals surface area contributed by atoms with Crippen LogP contribution < -0.4 is 5.32 Å². The summed E-state index contributed by atoms with van der Waals surface area (Å²) in [5, 5.41) is 3.28. The van der Waals surface area contributed by atoms with Gasteiger partial charge in [-0.05, 0) is 60.9 Å². The summed E-state index contributed by atoms with van der Waals surface area (Å²) in [5.74, 6) is 1.67. The first-order valence-corrected chi connectivity index (χ1v) is 8.62. The second-order valence-corrected chi connectivity index (χ2v) is 7.37. The zero-order chi connectivity index (χ0) is 15.5. The molecule has 1 N–H and O–H groups in total. The third-order valence-corrected chi connectivity index (χ3v) is 4.91. The van der Waals surface area contributed by atoms with Gasteiger partial charge in [0, 0.05) is 19.3 Å². The van der Waals surface area contributed by atoms with Gasteiger partial charge in [-0.15, -0.1) is 0 Å². The molecule has 0 aliphatic heterocycles. The Labute approximate surface area is 136 Å². The Morgan fingerprint density at radius 3 is 2.48 bits per heavy atom. The monoisotopic (exact) mass is 355 g/mol. The molecule has 2 rings (SSSR count). The van der Waals surface area contributed by atoms with E-state index in [9.17, 15) is 0 Å². The normalized spacial score (nSPS) is 20.2. The molecule has 1 aliphatic rings. The summed E-state index contributed by atoms with van der Waals surface area (Å²) in [6, 6.07) is 0. The van der Waals surface area contributed by atoms with Crippen LogP contribution in [0.2, 0.25) is 0 Å². The molecule has 0 spiro atoms. The van der Waals surface area contributed by atoms with Crippen molar-refractivity contribution in [3.63, 3.8) is 0 Å². The van der Waals surface area contributed by atoms with E-state index in [-0.39, 0.29) is 5.60 Å². The van der Waals surface area contributed by atoms with Crippen molar-refractivity contribution in [3.05, 3.63) is 16.5 Å². The molecule has 0 unspecified atom stereocenters. The highest BCUT2D eigenvalue weighted by Crippen LogP contribution is 2.46. The molecule has 0 radical (unpaired) electrons. The standard InChI is InChI=1S/C16H26BrN3O/c1-5-18-13-12(17)11-19-14(20-13)16(21-6-2)9-7-15(3,4)8-10-16/h11H,5-10H2,1-4H3,(H,18,19,20). The van der Waals surface area contributed by atoms with E-state index in [0.717, 1.165) is 48.3 Å². The Bertz CT molecular complexity index is 480. The molecule has 118 valence electrons. The molecule has 1 heterocycles. The number of hydrogen-bond acceptors (Lipinski definition) is 4. The number of nitrogens with zero attached hydrogens (tertiary/aromatic N) is 2. The summed E-state index contributed by atoms with van der Waals surface area (Å²) in [6.45, 7) is 10.3. The first kappa shape index (κ1) is 16.7. The molecule has 1 saturated carbocycles. The molecule has 1 aromatic heterocycles. The maximum absolute atomic E-state index is 6.15. The molecule has 0 saturated heterocycles. The Balaban J connectivity index is 2.32. The summed E-state index contributed by atoms with van der Waals surface area (Å²) in [4.78, 5) is 9.29. The first-order chi connectivity index (χ1) is 9.92. The van der Waals surface area contributed by atoms with Crippen LogP contribution in [-0.2, 0) is 10.3 Å². The lowest BCUT2D eigenvalue weighted by atomic mass is 9.70. The average Bonchev–Trinajstić information content (AvgIpc) is 2.44. The Morgan fingerprint density at radius 1 is 1.24 bits per heavy atom. The topological polar surface area (TPSA) is 47.0 Å². The Kier molecular flexibility index (Phi) is 5.25. The van der Waals surface area contributed by atoms with Gasteiger partial charge in [-0.1, -0.05) is 13.8 Å². The van der Waals surface area contributed by atoms with Gasteiger partial charge in [0.15, 0.2) is 5.82 Å². The molecule has 21 heavy (non-hydrogen) atoms. The molecule has 1 fully saturated rings. The minimum Gasteiger partial charge on any atom is -0.369 e. The summed E-state index contributed by atoms with van der Waals surface area (Å²) < 4.78 is 7.05. The minimum atomic E-state index is -0.324. The van der Waals surface area contributed by atoms with Crippen LogP contribution in [0.5, 0.6) is 0 Å². The molecule has 1 aliphatic carbocycles. The lowest BCUT2D eigenvalue weighted by molar-refractivity contribution is -0.0947. The molecule has 0 atom stereocenters. The first-order valence-electron chi connectivity index (χ1n) is 7.83. The summed E-state index contributed by atoms with van der Waals surface area (Å²) >= 11 is 3.50. The second kappa shape index (κ2) is 6.61. The summed E-state index contributed by atoms with van der Waals surface area (Å²) in [5.41, 5.74) is 0.0651. The van der Waals surface area contributed by atoms with Crippen LogP contribution in [0.3, 0.4) is 0 Å². The van der Waals surface area contributed by atoms with Crippen LogP contribution in [0, 0.1) is 5.41 Å². The Hall–Kier alpha value is -0.680. The van der Waals surface area contributed by atoms with E-state index in [0.29, 0.717) is 12.0 Å². The summed E-state index contributed by atoms with van der Waals surface area (Å²) in [6.07, 6.45) is 6.09. The highest BCUT2D eigenvalue weighted by molar-refractivity contribution is 9.10. The predicted molar refractivity (Wildman–Crippen MR) is 89.4 cm³/mol. The molecule has 5 heteroatoms. The zero-order valence-corrected chi connectivity index (χ0v) is 15.1. The SMILES string of the molecule is CCNc1nc(C2(OCC)CCC(C)(C)CC2)ncc1Br. The van der Waals surface area contributed by atoms with Crippen molar-refractivity contribution in [2.45, 2.75) is 59.0 Å². The fraction of sp³-hybridized carbons (Fsp3) is 0.750. The molecular weight excluding hydrogens is 330 g/mol. The van der Waals surface area contributed by atoms with Crippen LogP contribution in [0.4, 0.5) is 5.82 Å². The smallest absolute Gasteiger partial charge is 0.162 e. The van der Waals surface area contributed by atoms with Crippen molar-refractivity contribution in [2.75, 3.05) is 18.5 Å². The predicted octanol–water partition coefficient (Wildman–Crippen LogP) is 4.50. The van der Waals surface area contributed by atoms with E-state index in [4.69, 9.17) is 9.72 Å². The van der Waals surface area contributed by atoms with E-state index >= 15 is 0 Å². The number of anilines is 1. The van der Waals surface area contributed by atoms with Crippen molar-refractivity contribution < 1.29 is 4.74 Å². The van der Waals surface area contributed by atoms with Gasteiger partial charge in [0.2, 0.25) is 0 Å². The van der Waals surface area contributed by atoms with Crippen LogP contribution in [0.15, 0.2) is 10.7 Å². The van der Waals surface area contributed by atoms with Crippen molar-refractivity contribution >= 4 is 21.7 Å². The average molecular weight is 356 g/mol. The molecular formula is C16H26BrN3O. The van der Waals surface area contributed by atoms with Gasteiger partial charge >= 0.3 is 0 Å². The van der Waals surface area contributed by atoms with Crippen LogP contribution in [0.1, 0.15) is 59.2 Å². The second-order valence-electron chi connectivity index (χ2n) is 6.51. The van der Waals surface area contributed by atoms with Gasteiger partial charge in [-0.3, -0.25) is 0 Å². The fourth-order valence-corrected chi connectivity index (χ4v) is 3.25. The highest BCUT2D eigenvalue weighted by Gasteiger charge is 2.42.